The lowest BCUT2D eigenvalue weighted by molar-refractivity contribution is 1.04. The highest BCUT2D eigenvalue weighted by Gasteiger charge is 1.93. The fourth-order valence-corrected chi connectivity index (χ4v) is 0.807. The summed E-state index contributed by atoms with van der Waals surface area (Å²) in [6.45, 7) is 4.14. The van der Waals surface area contributed by atoms with E-state index in [1.807, 2.05) is 12.1 Å². The Bertz CT molecular complexity index is 230. The van der Waals surface area contributed by atoms with Gasteiger partial charge in [0.25, 0.3) is 0 Å². The number of hydrogen-bond acceptors (Lipinski definition) is 2. The van der Waals surface area contributed by atoms with Crippen molar-refractivity contribution in [2.75, 3.05) is 0 Å². The van der Waals surface area contributed by atoms with Crippen LogP contribution in [0.2, 0.25) is 0 Å². The molecule has 1 heterocycles. The van der Waals surface area contributed by atoms with E-state index in [9.17, 15) is 0 Å². The third-order valence-electron chi connectivity index (χ3n) is 1.34. The van der Waals surface area contributed by atoms with Gasteiger partial charge in [0.1, 0.15) is 0 Å². The van der Waals surface area contributed by atoms with Gasteiger partial charge in [0, 0.05) is 12.7 Å². The van der Waals surface area contributed by atoms with Gasteiger partial charge in [-0.05, 0) is 17.7 Å². The third-order valence-corrected chi connectivity index (χ3v) is 1.34. The zero-order chi connectivity index (χ0) is 7.40. The van der Waals surface area contributed by atoms with Crippen LogP contribution in [0.4, 0.5) is 0 Å². The number of rotatable bonds is 2. The van der Waals surface area contributed by atoms with Gasteiger partial charge in [-0.15, -0.1) is 0 Å². The fourth-order valence-electron chi connectivity index (χ4n) is 0.807. The molecule has 2 heteroatoms. The zero-order valence-corrected chi connectivity index (χ0v) is 5.75. The summed E-state index contributed by atoms with van der Waals surface area (Å²) in [5.41, 5.74) is 7.36. The molecule has 1 aromatic heterocycles. The first-order valence-electron chi connectivity index (χ1n) is 3.15. The van der Waals surface area contributed by atoms with Gasteiger partial charge in [-0.2, -0.15) is 0 Å². The fraction of sp³-hybridized carbons (Fsp3) is 0.125. The Morgan fingerprint density at radius 2 is 2.50 bits per heavy atom. The minimum Gasteiger partial charge on any atom is -0.326 e. The molecule has 0 atom stereocenters. The Morgan fingerprint density at radius 3 is 3.00 bits per heavy atom. The van der Waals surface area contributed by atoms with Crippen molar-refractivity contribution in [1.82, 2.24) is 4.98 Å². The van der Waals surface area contributed by atoms with E-state index >= 15 is 0 Å². The van der Waals surface area contributed by atoms with Crippen molar-refractivity contribution in [1.29, 1.82) is 0 Å². The first-order chi connectivity index (χ1) is 4.88. The second kappa shape index (κ2) is 3.13. The summed E-state index contributed by atoms with van der Waals surface area (Å²) < 4.78 is 0. The van der Waals surface area contributed by atoms with Crippen LogP contribution in [0.15, 0.2) is 24.9 Å². The molecular weight excluding hydrogens is 124 g/mol. The summed E-state index contributed by atoms with van der Waals surface area (Å²) in [6.07, 6.45) is 3.44. The quantitative estimate of drug-likeness (QED) is 0.659. The highest BCUT2D eigenvalue weighted by atomic mass is 14.7. The molecule has 52 valence electrons. The molecule has 2 nitrogen and oxygen atoms in total. The number of aromatic nitrogens is 1. The summed E-state index contributed by atoms with van der Waals surface area (Å²) in [5.74, 6) is 0. The Morgan fingerprint density at radius 1 is 1.70 bits per heavy atom. The van der Waals surface area contributed by atoms with E-state index in [1.165, 1.54) is 0 Å². The molecule has 0 aliphatic heterocycles. The van der Waals surface area contributed by atoms with Crippen molar-refractivity contribution in [2.24, 2.45) is 5.73 Å². The second-order valence-corrected chi connectivity index (χ2v) is 1.96. The smallest absolute Gasteiger partial charge is 0.0668 e. The van der Waals surface area contributed by atoms with E-state index in [0.29, 0.717) is 6.54 Å². The molecule has 0 aromatic carbocycles. The highest BCUT2D eigenvalue weighted by molar-refractivity contribution is 5.46. The Balaban J connectivity index is 3.08. The van der Waals surface area contributed by atoms with Gasteiger partial charge < -0.3 is 5.73 Å². The molecule has 0 unspecified atom stereocenters. The van der Waals surface area contributed by atoms with Gasteiger partial charge in [-0.25, -0.2) is 0 Å². The van der Waals surface area contributed by atoms with Crippen molar-refractivity contribution >= 4 is 6.08 Å². The van der Waals surface area contributed by atoms with Crippen molar-refractivity contribution in [3.05, 3.63) is 36.2 Å². The normalized spacial score (nSPS) is 9.30. The predicted molar refractivity (Wildman–Crippen MR) is 42.2 cm³/mol. The van der Waals surface area contributed by atoms with Crippen LogP contribution >= 0.6 is 0 Å². The molecule has 0 radical (unpaired) electrons. The van der Waals surface area contributed by atoms with Gasteiger partial charge in [-0.3, -0.25) is 4.98 Å². The van der Waals surface area contributed by atoms with Crippen LogP contribution in [0.25, 0.3) is 6.08 Å². The summed E-state index contributed by atoms with van der Waals surface area (Å²) in [6, 6.07) is 3.82. The van der Waals surface area contributed by atoms with Crippen LogP contribution in [0.3, 0.4) is 0 Å². The molecule has 0 amide bonds. The monoisotopic (exact) mass is 134 g/mol. The lowest BCUT2D eigenvalue weighted by Crippen LogP contribution is -1.99. The van der Waals surface area contributed by atoms with Crippen LogP contribution in [-0.4, -0.2) is 4.98 Å². The molecule has 0 saturated carbocycles. The number of pyridine rings is 1. The van der Waals surface area contributed by atoms with E-state index in [4.69, 9.17) is 5.73 Å². The lowest BCUT2D eigenvalue weighted by Gasteiger charge is -1.98. The van der Waals surface area contributed by atoms with Crippen LogP contribution in [0.5, 0.6) is 0 Å². The van der Waals surface area contributed by atoms with Gasteiger partial charge in [0.2, 0.25) is 0 Å². The molecular formula is C8H10N2. The van der Waals surface area contributed by atoms with Crippen molar-refractivity contribution in [2.45, 2.75) is 6.54 Å². The molecule has 0 saturated heterocycles. The van der Waals surface area contributed by atoms with Crippen LogP contribution < -0.4 is 5.73 Å². The summed E-state index contributed by atoms with van der Waals surface area (Å²) in [4.78, 5) is 4.07. The van der Waals surface area contributed by atoms with Crippen molar-refractivity contribution in [3.8, 4) is 0 Å². The maximum absolute atomic E-state index is 5.44. The van der Waals surface area contributed by atoms with Gasteiger partial charge in [0.15, 0.2) is 0 Å². The van der Waals surface area contributed by atoms with Gasteiger partial charge in [0.05, 0.1) is 5.69 Å². The lowest BCUT2D eigenvalue weighted by atomic mass is 10.2. The molecule has 2 N–H and O–H groups in total. The predicted octanol–water partition coefficient (Wildman–Crippen LogP) is 1.18. The number of nitrogens with zero attached hydrogens (tertiary/aromatic N) is 1. The maximum Gasteiger partial charge on any atom is 0.0668 e. The molecule has 0 bridgehead atoms. The zero-order valence-electron chi connectivity index (χ0n) is 5.75. The van der Waals surface area contributed by atoms with Crippen LogP contribution in [0.1, 0.15) is 11.3 Å². The van der Waals surface area contributed by atoms with Crippen LogP contribution in [-0.2, 0) is 6.54 Å². The van der Waals surface area contributed by atoms with Gasteiger partial charge >= 0.3 is 0 Å². The molecule has 10 heavy (non-hydrogen) atoms. The summed E-state index contributed by atoms with van der Waals surface area (Å²) in [7, 11) is 0. The standard InChI is InChI=1S/C8H10N2/c1-2-8-7(6-9)4-3-5-10-8/h2-5H,1,6,9H2. The van der Waals surface area contributed by atoms with Crippen LogP contribution in [0, 0.1) is 0 Å². The SMILES string of the molecule is C=Cc1ncccc1CN. The Hall–Kier alpha value is -1.15. The second-order valence-electron chi connectivity index (χ2n) is 1.96. The molecule has 0 fully saturated rings. The first-order valence-corrected chi connectivity index (χ1v) is 3.15. The summed E-state index contributed by atoms with van der Waals surface area (Å²) >= 11 is 0. The topological polar surface area (TPSA) is 38.9 Å². The Labute approximate surface area is 60.4 Å². The average Bonchev–Trinajstić information content (AvgIpc) is 2.04. The van der Waals surface area contributed by atoms with E-state index in [-0.39, 0.29) is 0 Å². The van der Waals surface area contributed by atoms with E-state index < -0.39 is 0 Å². The van der Waals surface area contributed by atoms with E-state index in [2.05, 4.69) is 11.6 Å². The highest BCUT2D eigenvalue weighted by Crippen LogP contribution is 2.04. The molecule has 1 aromatic rings. The van der Waals surface area contributed by atoms with E-state index in [1.54, 1.807) is 12.3 Å². The largest absolute Gasteiger partial charge is 0.326 e. The number of nitrogens with two attached hydrogens (primary N) is 1. The first kappa shape index (κ1) is 6.96. The number of hydrogen-bond donors (Lipinski definition) is 1. The minimum absolute atomic E-state index is 0.523. The minimum atomic E-state index is 0.523. The van der Waals surface area contributed by atoms with E-state index in [0.717, 1.165) is 11.3 Å². The average molecular weight is 134 g/mol. The van der Waals surface area contributed by atoms with Crippen molar-refractivity contribution < 1.29 is 0 Å². The molecule has 0 aliphatic rings. The van der Waals surface area contributed by atoms with Gasteiger partial charge in [-0.1, -0.05) is 12.6 Å². The molecule has 0 spiro atoms. The maximum atomic E-state index is 5.44. The van der Waals surface area contributed by atoms with Crippen molar-refractivity contribution in [3.63, 3.8) is 0 Å². The molecule has 0 aliphatic carbocycles. The summed E-state index contributed by atoms with van der Waals surface area (Å²) in [5, 5.41) is 0. The third kappa shape index (κ3) is 1.22. The Kier molecular flexibility index (Phi) is 2.18. The molecule has 1 rings (SSSR count).